The van der Waals surface area contributed by atoms with Crippen LogP contribution in [0.1, 0.15) is 28.8 Å². The van der Waals surface area contributed by atoms with Crippen molar-refractivity contribution >= 4 is 11.9 Å². The molecule has 8 heteroatoms. The molecule has 1 saturated carbocycles. The molecule has 1 aromatic carbocycles. The van der Waals surface area contributed by atoms with Gasteiger partial charge in [-0.05, 0) is 48.7 Å². The molecule has 29 heavy (non-hydrogen) atoms. The highest BCUT2D eigenvalue weighted by molar-refractivity contribution is 5.94. The van der Waals surface area contributed by atoms with Crippen LogP contribution in [0.4, 0.5) is 0 Å². The van der Waals surface area contributed by atoms with E-state index >= 15 is 0 Å². The van der Waals surface area contributed by atoms with Gasteiger partial charge in [-0.25, -0.2) is 0 Å². The van der Waals surface area contributed by atoms with Crippen molar-refractivity contribution < 1.29 is 19.4 Å². The zero-order valence-corrected chi connectivity index (χ0v) is 15.5. The highest BCUT2D eigenvalue weighted by Crippen LogP contribution is 2.27. The molecule has 0 aliphatic heterocycles. The maximum absolute atomic E-state index is 12.4. The average molecular weight is 392 g/mol. The van der Waals surface area contributed by atoms with E-state index in [4.69, 9.17) is 9.84 Å². The first kappa shape index (κ1) is 18.7. The number of pyridine rings is 1. The van der Waals surface area contributed by atoms with Crippen molar-refractivity contribution in [2.75, 3.05) is 0 Å². The van der Waals surface area contributed by atoms with E-state index in [1.165, 1.54) is 0 Å². The number of nitrogens with zero attached hydrogens (tertiary/aromatic N) is 2. The Kier molecular flexibility index (Phi) is 5.24. The Morgan fingerprint density at radius 3 is 2.76 bits per heavy atom. The molecule has 4 rings (SSSR count). The molecule has 2 aromatic heterocycles. The predicted molar refractivity (Wildman–Crippen MR) is 104 cm³/mol. The summed E-state index contributed by atoms with van der Waals surface area (Å²) in [5.41, 5.74) is 2.98. The molecule has 2 heterocycles. The molecule has 1 aliphatic carbocycles. The zero-order valence-electron chi connectivity index (χ0n) is 15.5. The number of nitrogens with one attached hydrogen (secondary N) is 2. The van der Waals surface area contributed by atoms with Crippen LogP contribution in [0.15, 0.2) is 54.9 Å². The van der Waals surface area contributed by atoms with Gasteiger partial charge in [-0.15, -0.1) is 0 Å². The molecule has 0 atom stereocenters. The van der Waals surface area contributed by atoms with Gasteiger partial charge in [0.25, 0.3) is 5.91 Å². The molecular formula is C21H20N4O4. The molecule has 3 aromatic rings. The highest BCUT2D eigenvalue weighted by Gasteiger charge is 2.35. The van der Waals surface area contributed by atoms with Gasteiger partial charge < -0.3 is 15.2 Å². The third kappa shape index (κ3) is 4.43. The van der Waals surface area contributed by atoms with Gasteiger partial charge >= 0.3 is 5.97 Å². The Hall–Kier alpha value is -3.68. The van der Waals surface area contributed by atoms with Crippen LogP contribution in [0.5, 0.6) is 5.75 Å². The molecule has 8 nitrogen and oxygen atoms in total. The van der Waals surface area contributed by atoms with Gasteiger partial charge in [0.15, 0.2) is 0 Å². The Balaban J connectivity index is 1.32. The number of carbonyl (C=O) groups is 2. The fourth-order valence-corrected chi connectivity index (χ4v) is 3.20. The van der Waals surface area contributed by atoms with Gasteiger partial charge in [-0.3, -0.25) is 19.7 Å². The number of H-pyrrole nitrogens is 1. The molecule has 148 valence electrons. The minimum atomic E-state index is -0.804. The number of rotatable bonds is 7. The van der Waals surface area contributed by atoms with E-state index in [1.807, 2.05) is 24.3 Å². The smallest absolute Gasteiger partial charge is 0.306 e. The number of amides is 1. The highest BCUT2D eigenvalue weighted by atomic mass is 16.5. The fourth-order valence-electron chi connectivity index (χ4n) is 3.20. The average Bonchev–Trinajstić information content (AvgIpc) is 3.24. The molecule has 0 unspecified atom stereocenters. The summed E-state index contributed by atoms with van der Waals surface area (Å²) in [5, 5.41) is 18.6. The van der Waals surface area contributed by atoms with Gasteiger partial charge in [0.05, 0.1) is 23.5 Å². The lowest BCUT2D eigenvalue weighted by molar-refractivity contribution is -0.145. The molecule has 1 aliphatic rings. The number of carbonyl (C=O) groups excluding carboxylic acids is 1. The number of hydrogen-bond acceptors (Lipinski definition) is 5. The minimum absolute atomic E-state index is 0.0806. The van der Waals surface area contributed by atoms with E-state index in [2.05, 4.69) is 20.5 Å². The topological polar surface area (TPSA) is 117 Å². The normalized spacial score (nSPS) is 17.9. The number of ether oxygens (including phenoxy) is 1. The SMILES string of the molecule is O=C(N[C@H]1C[C@@H](C(=O)O)C1)c1cccc(COc2ccc(-c3ccn[nH]3)nc2)c1. The summed E-state index contributed by atoms with van der Waals surface area (Å²) in [5.74, 6) is -0.737. The van der Waals surface area contributed by atoms with Crippen molar-refractivity contribution in [1.82, 2.24) is 20.5 Å². The molecule has 0 bridgehead atoms. The van der Waals surface area contributed by atoms with Crippen LogP contribution in [-0.2, 0) is 11.4 Å². The first-order chi connectivity index (χ1) is 14.1. The van der Waals surface area contributed by atoms with Crippen molar-refractivity contribution in [2.45, 2.75) is 25.5 Å². The van der Waals surface area contributed by atoms with Crippen LogP contribution in [0.3, 0.4) is 0 Å². The lowest BCUT2D eigenvalue weighted by Gasteiger charge is -2.32. The van der Waals surface area contributed by atoms with Crippen molar-refractivity contribution in [1.29, 1.82) is 0 Å². The molecule has 1 amide bonds. The van der Waals surface area contributed by atoms with Gasteiger partial charge in [0, 0.05) is 17.8 Å². The Morgan fingerprint density at radius 1 is 1.21 bits per heavy atom. The summed E-state index contributed by atoms with van der Waals surface area (Å²) in [6, 6.07) is 12.6. The summed E-state index contributed by atoms with van der Waals surface area (Å²) in [6.45, 7) is 0.302. The third-order valence-electron chi connectivity index (χ3n) is 4.93. The van der Waals surface area contributed by atoms with Crippen LogP contribution in [-0.4, -0.2) is 38.2 Å². The number of aromatic nitrogens is 3. The van der Waals surface area contributed by atoms with Gasteiger partial charge in [0.2, 0.25) is 0 Å². The summed E-state index contributed by atoms with van der Waals surface area (Å²) in [6.07, 6.45) is 4.26. The zero-order chi connectivity index (χ0) is 20.2. The molecule has 0 radical (unpaired) electrons. The Bertz CT molecular complexity index is 996. The van der Waals surface area contributed by atoms with Gasteiger partial charge in [-0.1, -0.05) is 12.1 Å². The van der Waals surface area contributed by atoms with Crippen LogP contribution in [0, 0.1) is 5.92 Å². The maximum atomic E-state index is 12.4. The number of carboxylic acid groups (broad SMARTS) is 1. The maximum Gasteiger partial charge on any atom is 0.306 e. The van der Waals surface area contributed by atoms with E-state index in [9.17, 15) is 9.59 Å². The first-order valence-electron chi connectivity index (χ1n) is 9.29. The van der Waals surface area contributed by atoms with Crippen molar-refractivity contribution in [2.24, 2.45) is 5.92 Å². The second-order valence-corrected chi connectivity index (χ2v) is 7.02. The van der Waals surface area contributed by atoms with E-state index in [0.717, 1.165) is 17.0 Å². The molecule has 0 spiro atoms. The Morgan fingerprint density at radius 2 is 2.07 bits per heavy atom. The Labute approximate surface area is 166 Å². The summed E-state index contributed by atoms with van der Waals surface area (Å²) < 4.78 is 5.77. The lowest BCUT2D eigenvalue weighted by atomic mass is 9.80. The number of aliphatic carboxylic acids is 1. The molecule has 1 fully saturated rings. The first-order valence-corrected chi connectivity index (χ1v) is 9.29. The van der Waals surface area contributed by atoms with Crippen molar-refractivity contribution in [3.05, 3.63) is 66.0 Å². The second-order valence-electron chi connectivity index (χ2n) is 7.02. The molecular weight excluding hydrogens is 372 g/mol. The fraction of sp³-hybridized carbons (Fsp3) is 0.238. The second kappa shape index (κ2) is 8.14. The minimum Gasteiger partial charge on any atom is -0.487 e. The quantitative estimate of drug-likeness (QED) is 0.569. The van der Waals surface area contributed by atoms with Crippen molar-refractivity contribution in [3.63, 3.8) is 0 Å². The summed E-state index contributed by atoms with van der Waals surface area (Å²) >= 11 is 0. The standard InChI is InChI=1S/C21H20N4O4/c26-20(24-16-9-15(10-16)21(27)28)14-3-1-2-13(8-14)12-29-17-4-5-18(22-11-17)19-6-7-23-25-19/h1-8,11,15-16H,9-10,12H2,(H,23,25)(H,24,26)(H,27,28)/t15-,16+. The predicted octanol–water partition coefficient (Wildman–Crippen LogP) is 2.64. The number of aromatic amines is 1. The van der Waals surface area contributed by atoms with Crippen LogP contribution in [0.25, 0.3) is 11.4 Å². The van der Waals surface area contributed by atoms with Gasteiger partial charge in [-0.2, -0.15) is 5.10 Å². The van der Waals surface area contributed by atoms with Gasteiger partial charge in [0.1, 0.15) is 12.4 Å². The molecule has 3 N–H and O–H groups in total. The number of carboxylic acids is 1. The molecule has 0 saturated heterocycles. The number of hydrogen-bond donors (Lipinski definition) is 3. The van der Waals surface area contributed by atoms with Crippen LogP contribution < -0.4 is 10.1 Å². The monoisotopic (exact) mass is 392 g/mol. The van der Waals surface area contributed by atoms with Crippen molar-refractivity contribution in [3.8, 4) is 17.1 Å². The largest absolute Gasteiger partial charge is 0.487 e. The van der Waals surface area contributed by atoms with Crippen LogP contribution in [0.2, 0.25) is 0 Å². The summed E-state index contributed by atoms with van der Waals surface area (Å²) in [4.78, 5) is 27.6. The third-order valence-corrected chi connectivity index (χ3v) is 4.93. The number of benzene rings is 1. The van der Waals surface area contributed by atoms with E-state index in [1.54, 1.807) is 30.6 Å². The summed E-state index contributed by atoms with van der Waals surface area (Å²) in [7, 11) is 0. The van der Waals surface area contributed by atoms with E-state index in [-0.39, 0.29) is 17.9 Å². The van der Waals surface area contributed by atoms with Crippen LogP contribution >= 0.6 is 0 Å². The lowest BCUT2D eigenvalue weighted by Crippen LogP contribution is -2.46. The van der Waals surface area contributed by atoms with E-state index < -0.39 is 5.97 Å². The van der Waals surface area contributed by atoms with E-state index in [0.29, 0.717) is 30.8 Å².